The Kier molecular flexibility index (Phi) is 6.27. The van der Waals surface area contributed by atoms with Crippen LogP contribution in [0.4, 0.5) is 11.4 Å². The van der Waals surface area contributed by atoms with Gasteiger partial charge in [0.25, 0.3) is 17.4 Å². The zero-order chi connectivity index (χ0) is 27.2. The third-order valence-corrected chi connectivity index (χ3v) is 9.34. The molecule has 7 rings (SSSR count). The van der Waals surface area contributed by atoms with Crippen molar-refractivity contribution in [2.24, 2.45) is 5.92 Å². The van der Waals surface area contributed by atoms with Gasteiger partial charge in [0, 0.05) is 56.0 Å². The van der Waals surface area contributed by atoms with Gasteiger partial charge in [0.15, 0.2) is 0 Å². The zero-order valence-corrected chi connectivity index (χ0v) is 22.9. The average molecular weight is 551 g/mol. The largest absolute Gasteiger partial charge is 0.369 e. The molecule has 4 aromatic rings. The van der Waals surface area contributed by atoms with E-state index in [-0.39, 0.29) is 23.3 Å². The molecule has 5 heterocycles. The number of pyridine rings is 1. The van der Waals surface area contributed by atoms with E-state index >= 15 is 0 Å². The second-order valence-electron chi connectivity index (χ2n) is 11.0. The summed E-state index contributed by atoms with van der Waals surface area (Å²) in [6.45, 7) is 3.49. The highest BCUT2D eigenvalue weighted by Gasteiger charge is 2.35. The number of benzene rings is 2. The maximum atomic E-state index is 13.7. The summed E-state index contributed by atoms with van der Waals surface area (Å²) in [7, 11) is 0. The fourth-order valence-electron chi connectivity index (χ4n) is 6.58. The molecule has 3 aliphatic heterocycles. The van der Waals surface area contributed by atoms with E-state index in [0.717, 1.165) is 37.3 Å². The molecule has 3 aliphatic rings. The SMILES string of the molecule is O=C(Nc1cc(C(=O)N2CCc3ccccc3C2)ccc1N1CC2CC(C1)c1cccc(=O)n1C2)c1cccs1. The second-order valence-corrected chi connectivity index (χ2v) is 12.0. The van der Waals surface area contributed by atoms with Gasteiger partial charge < -0.3 is 19.7 Å². The van der Waals surface area contributed by atoms with E-state index in [1.165, 1.54) is 22.5 Å². The number of hydrogen-bond donors (Lipinski definition) is 1. The van der Waals surface area contributed by atoms with Crippen LogP contribution in [0.1, 0.15) is 49.2 Å². The van der Waals surface area contributed by atoms with Gasteiger partial charge in [0.1, 0.15) is 0 Å². The van der Waals surface area contributed by atoms with Crippen molar-refractivity contribution >= 4 is 34.5 Å². The summed E-state index contributed by atoms with van der Waals surface area (Å²) in [5.41, 5.74) is 5.75. The Balaban J connectivity index is 1.20. The number of thiophene rings is 1. The lowest BCUT2D eigenvalue weighted by molar-refractivity contribution is 0.0734. The maximum absolute atomic E-state index is 13.7. The molecule has 2 bridgehead atoms. The highest BCUT2D eigenvalue weighted by atomic mass is 32.1. The fraction of sp³-hybridized carbons (Fsp3) is 0.281. The molecule has 2 unspecified atom stereocenters. The first-order valence-corrected chi connectivity index (χ1v) is 14.7. The van der Waals surface area contributed by atoms with Crippen molar-refractivity contribution in [2.45, 2.75) is 31.8 Å². The van der Waals surface area contributed by atoms with Gasteiger partial charge in [0.2, 0.25) is 0 Å². The van der Waals surface area contributed by atoms with Crippen LogP contribution in [0.2, 0.25) is 0 Å². The van der Waals surface area contributed by atoms with Gasteiger partial charge in [-0.15, -0.1) is 11.3 Å². The Morgan fingerprint density at radius 3 is 2.62 bits per heavy atom. The Bertz CT molecular complexity index is 1660. The minimum absolute atomic E-state index is 0.0310. The molecule has 0 spiro atoms. The van der Waals surface area contributed by atoms with Crippen LogP contribution in [0.3, 0.4) is 0 Å². The number of carbonyl (C=O) groups is 2. The van der Waals surface area contributed by atoms with Crippen molar-refractivity contribution in [3.8, 4) is 0 Å². The van der Waals surface area contributed by atoms with E-state index in [1.807, 2.05) is 57.3 Å². The Hall–Kier alpha value is -4.17. The van der Waals surface area contributed by atoms with Crippen molar-refractivity contribution in [1.29, 1.82) is 0 Å². The minimum atomic E-state index is -0.179. The number of aromatic nitrogens is 1. The normalized spacial score (nSPS) is 19.5. The van der Waals surface area contributed by atoms with Gasteiger partial charge in [-0.1, -0.05) is 36.4 Å². The zero-order valence-electron chi connectivity index (χ0n) is 22.1. The Labute approximate surface area is 236 Å². The number of nitrogens with zero attached hydrogens (tertiary/aromatic N) is 3. The van der Waals surface area contributed by atoms with Crippen LogP contribution >= 0.6 is 11.3 Å². The highest BCUT2D eigenvalue weighted by Crippen LogP contribution is 2.39. The van der Waals surface area contributed by atoms with Crippen LogP contribution in [0.25, 0.3) is 0 Å². The topological polar surface area (TPSA) is 74.7 Å². The number of fused-ring (bicyclic) bond motifs is 5. The highest BCUT2D eigenvalue weighted by molar-refractivity contribution is 7.12. The predicted molar refractivity (Wildman–Crippen MR) is 157 cm³/mol. The van der Waals surface area contributed by atoms with E-state index in [9.17, 15) is 14.4 Å². The first kappa shape index (κ1) is 24.8. The number of rotatable bonds is 4. The third-order valence-electron chi connectivity index (χ3n) is 8.47. The lowest BCUT2D eigenvalue weighted by atomic mass is 9.83. The van der Waals surface area contributed by atoms with Crippen molar-refractivity contribution < 1.29 is 9.59 Å². The average Bonchev–Trinajstić information content (AvgIpc) is 3.53. The molecular formula is C32H30N4O3S. The van der Waals surface area contributed by atoms with Gasteiger partial charge in [0.05, 0.1) is 16.3 Å². The van der Waals surface area contributed by atoms with Gasteiger partial charge >= 0.3 is 0 Å². The number of piperidine rings is 1. The van der Waals surface area contributed by atoms with Crippen molar-refractivity contribution in [3.05, 3.63) is 116 Å². The van der Waals surface area contributed by atoms with E-state index in [4.69, 9.17) is 0 Å². The first-order chi connectivity index (χ1) is 19.5. The number of hydrogen-bond acceptors (Lipinski definition) is 5. The summed E-state index contributed by atoms with van der Waals surface area (Å²) in [5, 5.41) is 5.01. The molecule has 0 saturated carbocycles. The van der Waals surface area contributed by atoms with Gasteiger partial charge in [-0.05, 0) is 65.6 Å². The van der Waals surface area contributed by atoms with Crippen molar-refractivity contribution in [2.75, 3.05) is 29.9 Å². The number of anilines is 2. The van der Waals surface area contributed by atoms with Gasteiger partial charge in [-0.25, -0.2) is 0 Å². The monoisotopic (exact) mass is 550 g/mol. The molecule has 1 N–H and O–H groups in total. The van der Waals surface area contributed by atoms with Crippen LogP contribution in [-0.2, 0) is 19.5 Å². The smallest absolute Gasteiger partial charge is 0.265 e. The van der Waals surface area contributed by atoms with Crippen molar-refractivity contribution in [3.63, 3.8) is 0 Å². The summed E-state index contributed by atoms with van der Waals surface area (Å²) in [4.78, 5) is 44.2. The molecule has 0 radical (unpaired) electrons. The molecule has 2 aromatic heterocycles. The number of amides is 2. The summed E-state index contributed by atoms with van der Waals surface area (Å²) < 4.78 is 1.92. The number of nitrogens with one attached hydrogen (secondary N) is 1. The first-order valence-electron chi connectivity index (χ1n) is 13.8. The standard InChI is InChI=1S/C32H30N4O3S/c37-30-9-3-7-27-25-15-21(18-36(27)30)17-35(20-25)28-11-10-23(16-26(28)33-31(38)29-8-4-14-40-29)32(39)34-13-12-22-5-1-2-6-24(22)19-34/h1-11,14,16,21,25H,12-13,15,17-20H2,(H,33,38). The molecule has 7 nitrogen and oxygen atoms in total. The molecule has 2 atom stereocenters. The molecule has 0 aliphatic carbocycles. The van der Waals surface area contributed by atoms with Crippen LogP contribution in [0.15, 0.2) is 83.0 Å². The molecule has 2 amide bonds. The second kappa shape index (κ2) is 10.1. The quantitative estimate of drug-likeness (QED) is 0.389. The summed E-state index contributed by atoms with van der Waals surface area (Å²) >= 11 is 1.39. The fourth-order valence-corrected chi connectivity index (χ4v) is 7.20. The van der Waals surface area contributed by atoms with E-state index in [1.54, 1.807) is 12.1 Å². The lowest BCUT2D eigenvalue weighted by Gasteiger charge is -2.44. The predicted octanol–water partition coefficient (Wildman–Crippen LogP) is 4.98. The molecular weight excluding hydrogens is 520 g/mol. The Morgan fingerprint density at radius 2 is 1.77 bits per heavy atom. The van der Waals surface area contributed by atoms with E-state index in [0.29, 0.717) is 41.7 Å². The summed E-state index contributed by atoms with van der Waals surface area (Å²) in [6, 6.07) is 23.2. The summed E-state index contributed by atoms with van der Waals surface area (Å²) in [5.74, 6) is 0.359. The van der Waals surface area contributed by atoms with E-state index in [2.05, 4.69) is 28.4 Å². The molecule has 40 heavy (non-hydrogen) atoms. The maximum Gasteiger partial charge on any atom is 0.265 e. The molecule has 202 valence electrons. The third kappa shape index (κ3) is 4.52. The molecule has 8 heteroatoms. The molecule has 1 fully saturated rings. The minimum Gasteiger partial charge on any atom is -0.369 e. The number of carbonyl (C=O) groups excluding carboxylic acids is 2. The Morgan fingerprint density at radius 1 is 0.900 bits per heavy atom. The van der Waals surface area contributed by atoms with Crippen molar-refractivity contribution in [1.82, 2.24) is 9.47 Å². The van der Waals surface area contributed by atoms with Gasteiger partial charge in [-0.3, -0.25) is 14.4 Å². The van der Waals surface area contributed by atoms with Gasteiger partial charge in [-0.2, -0.15) is 0 Å². The molecule has 1 saturated heterocycles. The van der Waals surface area contributed by atoms with E-state index < -0.39 is 0 Å². The van der Waals surface area contributed by atoms with Crippen LogP contribution in [-0.4, -0.2) is 40.9 Å². The van der Waals surface area contributed by atoms with Crippen LogP contribution in [0.5, 0.6) is 0 Å². The summed E-state index contributed by atoms with van der Waals surface area (Å²) in [6.07, 6.45) is 1.88. The molecule has 2 aromatic carbocycles. The van der Waals surface area contributed by atoms with Crippen LogP contribution in [0, 0.1) is 5.92 Å². The lowest BCUT2D eigenvalue weighted by Crippen LogP contribution is -2.47. The van der Waals surface area contributed by atoms with Crippen LogP contribution < -0.4 is 15.8 Å².